The summed E-state index contributed by atoms with van der Waals surface area (Å²) in [6.45, 7) is 3.04. The third-order valence-corrected chi connectivity index (χ3v) is 4.96. The molecule has 0 spiro atoms. The quantitative estimate of drug-likeness (QED) is 0.701. The van der Waals surface area contributed by atoms with Gasteiger partial charge in [-0.1, -0.05) is 19.3 Å². The van der Waals surface area contributed by atoms with E-state index in [0.717, 1.165) is 27.7 Å². The number of halogens is 1. The zero-order valence-electron chi connectivity index (χ0n) is 13.1. The van der Waals surface area contributed by atoms with E-state index in [1.165, 1.54) is 19.3 Å². The van der Waals surface area contributed by atoms with Crippen molar-refractivity contribution < 1.29 is 9.90 Å². The summed E-state index contributed by atoms with van der Waals surface area (Å²) in [6, 6.07) is 6.44. The fourth-order valence-corrected chi connectivity index (χ4v) is 3.75. The molecular formula is C17H25IN2O2. The first kappa shape index (κ1) is 17.7. The average molecular weight is 416 g/mol. The fourth-order valence-electron chi connectivity index (χ4n) is 3.11. The van der Waals surface area contributed by atoms with E-state index in [2.05, 4.69) is 38.9 Å². The predicted molar refractivity (Wildman–Crippen MR) is 98.1 cm³/mol. The molecule has 4 nitrogen and oxygen atoms in total. The van der Waals surface area contributed by atoms with Crippen molar-refractivity contribution in [3.05, 3.63) is 27.3 Å². The molecule has 22 heavy (non-hydrogen) atoms. The van der Waals surface area contributed by atoms with Gasteiger partial charge in [0.05, 0.1) is 13.2 Å². The maximum atomic E-state index is 12.3. The lowest BCUT2D eigenvalue weighted by molar-refractivity contribution is -0.118. The molecule has 0 atom stereocenters. The van der Waals surface area contributed by atoms with Crippen LogP contribution in [-0.2, 0) is 4.79 Å². The third kappa shape index (κ3) is 5.21. The van der Waals surface area contributed by atoms with Crippen LogP contribution in [-0.4, -0.2) is 41.7 Å². The van der Waals surface area contributed by atoms with Crippen LogP contribution in [0.5, 0.6) is 0 Å². The van der Waals surface area contributed by atoms with Crippen LogP contribution in [0.4, 0.5) is 5.69 Å². The standard InChI is InChI=1S/C17H25IN2O2/c1-13-11-14(18)7-8-16(13)19-17(22)12-20(9-10-21)15-5-3-2-4-6-15/h7-8,11,15,21H,2-6,9-10,12H2,1H3,(H,19,22). The number of aliphatic hydroxyl groups is 1. The summed E-state index contributed by atoms with van der Waals surface area (Å²) in [6.07, 6.45) is 6.01. The lowest BCUT2D eigenvalue weighted by atomic mass is 9.94. The van der Waals surface area contributed by atoms with Crippen molar-refractivity contribution in [3.63, 3.8) is 0 Å². The van der Waals surface area contributed by atoms with Crippen LogP contribution in [0.2, 0.25) is 0 Å². The molecule has 2 N–H and O–H groups in total. The topological polar surface area (TPSA) is 52.6 Å². The van der Waals surface area contributed by atoms with Crippen molar-refractivity contribution in [3.8, 4) is 0 Å². The number of rotatable bonds is 6. The fraction of sp³-hybridized carbons (Fsp3) is 0.588. The van der Waals surface area contributed by atoms with Crippen LogP contribution in [0.15, 0.2) is 18.2 Å². The Bertz CT molecular complexity index is 501. The van der Waals surface area contributed by atoms with Gasteiger partial charge in [0.15, 0.2) is 0 Å². The van der Waals surface area contributed by atoms with Crippen LogP contribution in [0, 0.1) is 10.5 Å². The number of nitrogens with one attached hydrogen (secondary N) is 1. The number of hydrogen-bond donors (Lipinski definition) is 2. The number of aryl methyl sites for hydroxylation is 1. The Balaban J connectivity index is 1.95. The molecule has 0 unspecified atom stereocenters. The molecule has 1 aliphatic carbocycles. The molecule has 1 aromatic rings. The first-order valence-corrected chi connectivity index (χ1v) is 9.09. The molecule has 2 rings (SSSR count). The summed E-state index contributed by atoms with van der Waals surface area (Å²) < 4.78 is 1.16. The van der Waals surface area contributed by atoms with Crippen molar-refractivity contribution >= 4 is 34.2 Å². The van der Waals surface area contributed by atoms with Crippen LogP contribution in [0.1, 0.15) is 37.7 Å². The molecule has 0 aliphatic heterocycles. The highest BCUT2D eigenvalue weighted by molar-refractivity contribution is 14.1. The highest BCUT2D eigenvalue weighted by Crippen LogP contribution is 2.23. The van der Waals surface area contributed by atoms with Crippen molar-refractivity contribution in [1.82, 2.24) is 4.90 Å². The number of carbonyl (C=O) groups excluding carboxylic acids is 1. The number of benzene rings is 1. The third-order valence-electron chi connectivity index (χ3n) is 4.29. The molecule has 1 fully saturated rings. The van der Waals surface area contributed by atoms with Gasteiger partial charge in [-0.25, -0.2) is 0 Å². The number of anilines is 1. The predicted octanol–water partition coefficient (Wildman–Crippen LogP) is 3.17. The van der Waals surface area contributed by atoms with Gasteiger partial charge in [0, 0.05) is 21.8 Å². The molecular weight excluding hydrogens is 391 g/mol. The maximum Gasteiger partial charge on any atom is 0.238 e. The Morgan fingerprint density at radius 3 is 2.73 bits per heavy atom. The SMILES string of the molecule is Cc1cc(I)ccc1NC(=O)CN(CCO)C1CCCCC1. The summed E-state index contributed by atoms with van der Waals surface area (Å²) >= 11 is 2.27. The molecule has 0 aromatic heterocycles. The largest absolute Gasteiger partial charge is 0.395 e. The van der Waals surface area contributed by atoms with Crippen molar-refractivity contribution in [2.75, 3.05) is 25.0 Å². The number of hydrogen-bond acceptors (Lipinski definition) is 3. The van der Waals surface area contributed by atoms with E-state index in [-0.39, 0.29) is 12.5 Å². The molecule has 0 bridgehead atoms. The number of carbonyl (C=O) groups is 1. The Hall–Kier alpha value is -0.660. The normalized spacial score (nSPS) is 16.0. The molecule has 1 saturated carbocycles. The molecule has 0 heterocycles. The minimum Gasteiger partial charge on any atom is -0.395 e. The summed E-state index contributed by atoms with van der Waals surface area (Å²) in [5, 5.41) is 12.3. The van der Waals surface area contributed by atoms with Crippen molar-refractivity contribution in [2.45, 2.75) is 45.1 Å². The Labute approximate surface area is 146 Å². The van der Waals surface area contributed by atoms with Gasteiger partial charge in [-0.15, -0.1) is 0 Å². The molecule has 5 heteroatoms. The number of amides is 1. The van der Waals surface area contributed by atoms with E-state index in [1.807, 2.05) is 19.1 Å². The lowest BCUT2D eigenvalue weighted by Gasteiger charge is -2.33. The van der Waals surface area contributed by atoms with E-state index in [1.54, 1.807) is 0 Å². The van der Waals surface area contributed by atoms with Crippen LogP contribution >= 0.6 is 22.6 Å². The summed E-state index contributed by atoms with van der Waals surface area (Å²) in [4.78, 5) is 14.5. The van der Waals surface area contributed by atoms with Crippen molar-refractivity contribution in [2.24, 2.45) is 0 Å². The lowest BCUT2D eigenvalue weighted by Crippen LogP contribution is -2.43. The molecule has 1 amide bonds. The Morgan fingerprint density at radius 1 is 1.36 bits per heavy atom. The van der Waals surface area contributed by atoms with Gasteiger partial charge in [-0.05, 0) is 66.1 Å². The summed E-state index contributed by atoms with van der Waals surface area (Å²) in [5.41, 5.74) is 1.95. The van der Waals surface area contributed by atoms with Gasteiger partial charge in [-0.2, -0.15) is 0 Å². The molecule has 1 aromatic carbocycles. The van der Waals surface area contributed by atoms with E-state index < -0.39 is 0 Å². The molecule has 0 radical (unpaired) electrons. The van der Waals surface area contributed by atoms with Crippen LogP contribution in [0.3, 0.4) is 0 Å². The monoisotopic (exact) mass is 416 g/mol. The van der Waals surface area contributed by atoms with Gasteiger partial charge >= 0.3 is 0 Å². The second-order valence-electron chi connectivity index (χ2n) is 5.99. The van der Waals surface area contributed by atoms with Gasteiger partial charge in [0.2, 0.25) is 5.91 Å². The van der Waals surface area contributed by atoms with Gasteiger partial charge in [-0.3, -0.25) is 9.69 Å². The second-order valence-corrected chi connectivity index (χ2v) is 7.24. The highest BCUT2D eigenvalue weighted by Gasteiger charge is 2.22. The first-order valence-electron chi connectivity index (χ1n) is 8.01. The van der Waals surface area contributed by atoms with Gasteiger partial charge in [0.25, 0.3) is 0 Å². The summed E-state index contributed by atoms with van der Waals surface area (Å²) in [5.74, 6) is 0.00308. The van der Waals surface area contributed by atoms with E-state index in [0.29, 0.717) is 19.1 Å². The maximum absolute atomic E-state index is 12.3. The smallest absolute Gasteiger partial charge is 0.238 e. The Morgan fingerprint density at radius 2 is 2.09 bits per heavy atom. The van der Waals surface area contributed by atoms with Gasteiger partial charge in [0.1, 0.15) is 0 Å². The first-order chi connectivity index (χ1) is 10.6. The molecule has 122 valence electrons. The molecule has 1 aliphatic rings. The summed E-state index contributed by atoms with van der Waals surface area (Å²) in [7, 11) is 0. The van der Waals surface area contributed by atoms with Crippen LogP contribution < -0.4 is 5.32 Å². The average Bonchev–Trinajstić information content (AvgIpc) is 2.50. The minimum absolute atomic E-state index is 0.00308. The van der Waals surface area contributed by atoms with Gasteiger partial charge < -0.3 is 10.4 Å². The van der Waals surface area contributed by atoms with E-state index >= 15 is 0 Å². The van der Waals surface area contributed by atoms with E-state index in [4.69, 9.17) is 0 Å². The Kier molecular flexibility index (Phi) is 7.11. The zero-order valence-corrected chi connectivity index (χ0v) is 15.3. The van der Waals surface area contributed by atoms with Crippen LogP contribution in [0.25, 0.3) is 0 Å². The van der Waals surface area contributed by atoms with Crippen molar-refractivity contribution in [1.29, 1.82) is 0 Å². The minimum atomic E-state index is 0.00308. The second kappa shape index (κ2) is 8.84. The molecule has 0 saturated heterocycles. The zero-order chi connectivity index (χ0) is 15.9. The number of nitrogens with zero attached hydrogens (tertiary/aromatic N) is 1. The number of aliphatic hydroxyl groups excluding tert-OH is 1. The van der Waals surface area contributed by atoms with E-state index in [9.17, 15) is 9.90 Å². The highest BCUT2D eigenvalue weighted by atomic mass is 127.